The van der Waals surface area contributed by atoms with Crippen molar-refractivity contribution >= 4 is 23.1 Å². The first kappa shape index (κ1) is 7.53. The monoisotopic (exact) mass is 188 g/mol. The Hall–Kier alpha value is -0.120. The van der Waals surface area contributed by atoms with Gasteiger partial charge in [0.15, 0.2) is 0 Å². The predicted octanol–water partition coefficient (Wildman–Crippen LogP) is 1.87. The van der Waals surface area contributed by atoms with Crippen LogP contribution >= 0.6 is 23.1 Å². The van der Waals surface area contributed by atoms with Gasteiger partial charge in [-0.25, -0.2) is 0 Å². The summed E-state index contributed by atoms with van der Waals surface area (Å²) in [6, 6.07) is 0. The van der Waals surface area contributed by atoms with Crippen LogP contribution in [0.15, 0.2) is 6.20 Å². The van der Waals surface area contributed by atoms with Crippen LogP contribution in [-0.2, 0) is 0 Å². The minimum atomic E-state index is 0.606. The number of aromatic nitrogens is 1. The van der Waals surface area contributed by atoms with Crippen LogP contribution in [0.2, 0.25) is 5.02 Å². The molecular formula is C7H9ClN2S. The van der Waals surface area contributed by atoms with Crippen LogP contribution in [0.1, 0.15) is 17.2 Å². The van der Waals surface area contributed by atoms with Crippen molar-refractivity contribution in [3.05, 3.63) is 16.1 Å². The zero-order valence-corrected chi connectivity index (χ0v) is 7.58. The molecule has 1 N–H and O–H groups in total. The van der Waals surface area contributed by atoms with Crippen molar-refractivity contribution in [1.29, 1.82) is 0 Å². The van der Waals surface area contributed by atoms with Gasteiger partial charge in [0.25, 0.3) is 0 Å². The van der Waals surface area contributed by atoms with E-state index in [1.807, 2.05) is 0 Å². The molecule has 1 saturated heterocycles. The Bertz CT molecular complexity index is 242. The van der Waals surface area contributed by atoms with E-state index in [9.17, 15) is 0 Å². The molecule has 2 rings (SSSR count). The second kappa shape index (κ2) is 3.09. The summed E-state index contributed by atoms with van der Waals surface area (Å²) >= 11 is 7.46. The summed E-state index contributed by atoms with van der Waals surface area (Å²) in [5.74, 6) is 0.606. The standard InChI is InChI=1S/C7H9ClN2S/c8-6-4-10-11-7(6)5-1-2-9-3-5/h4-5,9H,1-3H2. The van der Waals surface area contributed by atoms with E-state index < -0.39 is 0 Å². The SMILES string of the molecule is Clc1cnsc1C1CCNC1. The Kier molecular flexibility index (Phi) is 2.11. The molecule has 2 heterocycles. The Morgan fingerprint density at radius 3 is 3.18 bits per heavy atom. The Balaban J connectivity index is 2.21. The fraction of sp³-hybridized carbons (Fsp3) is 0.571. The van der Waals surface area contributed by atoms with E-state index in [1.54, 1.807) is 6.20 Å². The molecule has 1 unspecified atom stereocenters. The molecule has 1 aliphatic heterocycles. The Morgan fingerprint density at radius 1 is 1.73 bits per heavy atom. The fourth-order valence-electron chi connectivity index (χ4n) is 1.38. The van der Waals surface area contributed by atoms with Crippen molar-refractivity contribution in [2.45, 2.75) is 12.3 Å². The summed E-state index contributed by atoms with van der Waals surface area (Å²) < 4.78 is 4.05. The summed E-state index contributed by atoms with van der Waals surface area (Å²) in [7, 11) is 0. The highest BCUT2D eigenvalue weighted by molar-refractivity contribution is 7.06. The number of hydrogen-bond acceptors (Lipinski definition) is 3. The van der Waals surface area contributed by atoms with E-state index in [2.05, 4.69) is 9.69 Å². The van der Waals surface area contributed by atoms with Gasteiger partial charge in [0.05, 0.1) is 11.2 Å². The van der Waals surface area contributed by atoms with Crippen LogP contribution in [-0.4, -0.2) is 17.5 Å². The molecule has 0 radical (unpaired) electrons. The van der Waals surface area contributed by atoms with Crippen LogP contribution in [0.3, 0.4) is 0 Å². The summed E-state index contributed by atoms with van der Waals surface area (Å²) in [4.78, 5) is 1.25. The molecular weight excluding hydrogens is 180 g/mol. The van der Waals surface area contributed by atoms with Gasteiger partial charge in [0.2, 0.25) is 0 Å². The van der Waals surface area contributed by atoms with E-state index in [-0.39, 0.29) is 0 Å². The third-order valence-electron chi connectivity index (χ3n) is 1.98. The first-order valence-corrected chi connectivity index (χ1v) is 4.84. The lowest BCUT2D eigenvalue weighted by molar-refractivity contribution is 0.779. The van der Waals surface area contributed by atoms with E-state index in [1.165, 1.54) is 22.8 Å². The van der Waals surface area contributed by atoms with Gasteiger partial charge in [-0.2, -0.15) is 4.37 Å². The summed E-state index contributed by atoms with van der Waals surface area (Å²) in [5, 5.41) is 4.14. The lowest BCUT2D eigenvalue weighted by atomic mass is 10.1. The Labute approximate surface area is 74.7 Å². The highest BCUT2D eigenvalue weighted by Crippen LogP contribution is 2.31. The minimum absolute atomic E-state index is 0.606. The summed E-state index contributed by atoms with van der Waals surface area (Å²) in [6.45, 7) is 2.17. The number of hydrogen-bond donors (Lipinski definition) is 1. The highest BCUT2D eigenvalue weighted by Gasteiger charge is 2.20. The van der Waals surface area contributed by atoms with Crippen molar-refractivity contribution in [2.24, 2.45) is 0 Å². The van der Waals surface area contributed by atoms with E-state index >= 15 is 0 Å². The average Bonchev–Trinajstić information content (AvgIpc) is 2.55. The fourth-order valence-corrected chi connectivity index (χ4v) is 2.51. The van der Waals surface area contributed by atoms with Crippen LogP contribution in [0.25, 0.3) is 0 Å². The number of rotatable bonds is 1. The second-order valence-electron chi connectivity index (χ2n) is 2.73. The molecule has 2 nitrogen and oxygen atoms in total. The molecule has 0 aromatic carbocycles. The lowest BCUT2D eigenvalue weighted by Gasteiger charge is -2.03. The van der Waals surface area contributed by atoms with Gasteiger partial charge in [0, 0.05) is 17.3 Å². The average molecular weight is 189 g/mol. The molecule has 1 aromatic rings. The molecule has 0 aliphatic carbocycles. The molecule has 1 atom stereocenters. The van der Waals surface area contributed by atoms with Gasteiger partial charge in [-0.15, -0.1) is 0 Å². The molecule has 0 bridgehead atoms. The highest BCUT2D eigenvalue weighted by atomic mass is 35.5. The maximum Gasteiger partial charge on any atom is 0.0749 e. The van der Waals surface area contributed by atoms with Crippen molar-refractivity contribution in [2.75, 3.05) is 13.1 Å². The van der Waals surface area contributed by atoms with Crippen LogP contribution in [0.5, 0.6) is 0 Å². The molecule has 60 valence electrons. The Morgan fingerprint density at radius 2 is 2.64 bits per heavy atom. The van der Waals surface area contributed by atoms with Gasteiger partial charge in [-0.05, 0) is 24.5 Å². The third kappa shape index (κ3) is 1.41. The zero-order valence-electron chi connectivity index (χ0n) is 6.01. The minimum Gasteiger partial charge on any atom is -0.316 e. The summed E-state index contributed by atoms with van der Waals surface area (Å²) in [6.07, 6.45) is 2.93. The smallest absolute Gasteiger partial charge is 0.0749 e. The van der Waals surface area contributed by atoms with E-state index in [0.717, 1.165) is 18.1 Å². The predicted molar refractivity (Wildman–Crippen MR) is 47.4 cm³/mol. The van der Waals surface area contributed by atoms with Crippen molar-refractivity contribution in [3.8, 4) is 0 Å². The second-order valence-corrected chi connectivity index (χ2v) is 3.97. The maximum atomic E-state index is 5.94. The number of halogens is 1. The lowest BCUT2D eigenvalue weighted by Crippen LogP contribution is -2.07. The maximum absolute atomic E-state index is 5.94. The van der Waals surface area contributed by atoms with Gasteiger partial charge in [-0.3, -0.25) is 0 Å². The topological polar surface area (TPSA) is 24.9 Å². The molecule has 1 fully saturated rings. The first-order chi connectivity index (χ1) is 5.38. The molecule has 0 spiro atoms. The third-order valence-corrected chi connectivity index (χ3v) is 3.36. The van der Waals surface area contributed by atoms with Crippen molar-refractivity contribution < 1.29 is 0 Å². The molecule has 11 heavy (non-hydrogen) atoms. The van der Waals surface area contributed by atoms with E-state index in [0.29, 0.717) is 5.92 Å². The van der Waals surface area contributed by atoms with Crippen LogP contribution in [0.4, 0.5) is 0 Å². The number of nitrogens with one attached hydrogen (secondary N) is 1. The van der Waals surface area contributed by atoms with Crippen molar-refractivity contribution in [1.82, 2.24) is 9.69 Å². The molecule has 1 aromatic heterocycles. The summed E-state index contributed by atoms with van der Waals surface area (Å²) in [5.41, 5.74) is 0. The van der Waals surface area contributed by atoms with Crippen molar-refractivity contribution in [3.63, 3.8) is 0 Å². The number of nitrogens with zero attached hydrogens (tertiary/aromatic N) is 1. The van der Waals surface area contributed by atoms with Gasteiger partial charge in [0.1, 0.15) is 0 Å². The quantitative estimate of drug-likeness (QED) is 0.728. The van der Waals surface area contributed by atoms with Crippen LogP contribution in [0, 0.1) is 0 Å². The zero-order chi connectivity index (χ0) is 7.68. The van der Waals surface area contributed by atoms with Gasteiger partial charge >= 0.3 is 0 Å². The first-order valence-electron chi connectivity index (χ1n) is 3.68. The van der Waals surface area contributed by atoms with Gasteiger partial charge in [-0.1, -0.05) is 11.6 Å². The molecule has 1 aliphatic rings. The van der Waals surface area contributed by atoms with Gasteiger partial charge < -0.3 is 5.32 Å². The normalized spacial score (nSPS) is 24.3. The molecule has 0 saturated carbocycles. The van der Waals surface area contributed by atoms with Crippen LogP contribution < -0.4 is 5.32 Å². The largest absolute Gasteiger partial charge is 0.316 e. The molecule has 0 amide bonds. The molecule has 4 heteroatoms. The van der Waals surface area contributed by atoms with E-state index in [4.69, 9.17) is 11.6 Å².